The van der Waals surface area contributed by atoms with Crippen LogP contribution in [0.25, 0.3) is 0 Å². The molecular weight excluding hydrogens is 252 g/mol. The molecule has 0 aliphatic rings. The summed E-state index contributed by atoms with van der Waals surface area (Å²) in [5, 5.41) is 0. The van der Waals surface area contributed by atoms with Crippen LogP contribution >= 0.6 is 0 Å². The van der Waals surface area contributed by atoms with Gasteiger partial charge in [-0.15, -0.1) is 0 Å². The number of ether oxygens (including phenoxy) is 2. The van der Waals surface area contributed by atoms with E-state index in [1.807, 2.05) is 18.2 Å². The van der Waals surface area contributed by atoms with Crippen LogP contribution in [-0.2, 0) is 5.41 Å². The van der Waals surface area contributed by atoms with Crippen LogP contribution in [0, 0.1) is 0 Å². The molecule has 1 aromatic heterocycles. The first-order valence-electron chi connectivity index (χ1n) is 6.48. The summed E-state index contributed by atoms with van der Waals surface area (Å²) in [6.45, 7) is 6.39. The minimum Gasteiger partial charge on any atom is -0.497 e. The van der Waals surface area contributed by atoms with Gasteiger partial charge in [-0.25, -0.2) is 4.98 Å². The van der Waals surface area contributed by atoms with Gasteiger partial charge in [0.2, 0.25) is 5.88 Å². The van der Waals surface area contributed by atoms with Crippen molar-refractivity contribution >= 4 is 5.69 Å². The van der Waals surface area contributed by atoms with E-state index in [0.717, 1.165) is 17.1 Å². The molecule has 2 rings (SSSR count). The Morgan fingerprint density at radius 1 is 1.10 bits per heavy atom. The maximum absolute atomic E-state index is 5.87. The summed E-state index contributed by atoms with van der Waals surface area (Å²) in [6, 6.07) is 9.29. The molecule has 0 atom stereocenters. The Balaban J connectivity index is 2.38. The van der Waals surface area contributed by atoms with E-state index in [1.165, 1.54) is 0 Å². The Labute approximate surface area is 119 Å². The average Bonchev–Trinajstić information content (AvgIpc) is 2.40. The first kappa shape index (κ1) is 14.2. The van der Waals surface area contributed by atoms with Crippen molar-refractivity contribution in [1.29, 1.82) is 0 Å². The molecule has 0 aliphatic carbocycles. The molecule has 0 amide bonds. The zero-order chi connectivity index (χ0) is 14.8. The van der Waals surface area contributed by atoms with Crippen LogP contribution < -0.4 is 15.2 Å². The van der Waals surface area contributed by atoms with Crippen molar-refractivity contribution in [1.82, 2.24) is 4.98 Å². The highest BCUT2D eigenvalue weighted by atomic mass is 16.5. The highest BCUT2D eigenvalue weighted by molar-refractivity contribution is 5.46. The second kappa shape index (κ2) is 5.41. The van der Waals surface area contributed by atoms with E-state index in [-0.39, 0.29) is 5.41 Å². The Kier molecular flexibility index (Phi) is 3.84. The average molecular weight is 272 g/mol. The molecule has 1 heterocycles. The number of benzene rings is 1. The van der Waals surface area contributed by atoms with E-state index < -0.39 is 0 Å². The first-order chi connectivity index (χ1) is 9.40. The fourth-order valence-electron chi connectivity index (χ4n) is 1.88. The van der Waals surface area contributed by atoms with E-state index >= 15 is 0 Å². The van der Waals surface area contributed by atoms with Crippen LogP contribution in [0.4, 0.5) is 5.69 Å². The first-order valence-corrected chi connectivity index (χ1v) is 6.48. The highest BCUT2D eigenvalue weighted by Crippen LogP contribution is 2.36. The monoisotopic (exact) mass is 272 g/mol. The van der Waals surface area contributed by atoms with Crippen LogP contribution in [0.2, 0.25) is 0 Å². The fraction of sp³-hybridized carbons (Fsp3) is 0.312. The zero-order valence-corrected chi connectivity index (χ0v) is 12.3. The van der Waals surface area contributed by atoms with Gasteiger partial charge in [0.1, 0.15) is 11.5 Å². The third-order valence-electron chi connectivity index (χ3n) is 2.97. The van der Waals surface area contributed by atoms with E-state index in [4.69, 9.17) is 15.2 Å². The van der Waals surface area contributed by atoms with Gasteiger partial charge in [-0.1, -0.05) is 20.8 Å². The topological polar surface area (TPSA) is 57.4 Å². The largest absolute Gasteiger partial charge is 0.497 e. The molecule has 20 heavy (non-hydrogen) atoms. The minimum atomic E-state index is -0.0579. The Morgan fingerprint density at radius 3 is 2.40 bits per heavy atom. The Hall–Kier alpha value is -2.23. The number of nitrogen functional groups attached to an aromatic ring is 1. The van der Waals surface area contributed by atoms with Gasteiger partial charge in [0.05, 0.1) is 19.0 Å². The van der Waals surface area contributed by atoms with Crippen molar-refractivity contribution in [3.63, 3.8) is 0 Å². The number of anilines is 1. The molecule has 0 saturated heterocycles. The number of pyridine rings is 1. The number of rotatable bonds is 3. The zero-order valence-electron chi connectivity index (χ0n) is 12.3. The third-order valence-corrected chi connectivity index (χ3v) is 2.97. The smallest absolute Gasteiger partial charge is 0.219 e. The number of methoxy groups -OCH3 is 1. The number of hydrogen-bond donors (Lipinski definition) is 1. The van der Waals surface area contributed by atoms with Crippen LogP contribution in [0.1, 0.15) is 26.3 Å². The van der Waals surface area contributed by atoms with Gasteiger partial charge in [0.15, 0.2) is 0 Å². The minimum absolute atomic E-state index is 0.0579. The molecule has 2 N–H and O–H groups in total. The van der Waals surface area contributed by atoms with Crippen molar-refractivity contribution in [2.75, 3.05) is 12.8 Å². The lowest BCUT2D eigenvalue weighted by atomic mass is 9.86. The summed E-state index contributed by atoms with van der Waals surface area (Å²) in [4.78, 5) is 4.16. The molecule has 0 bridgehead atoms. The van der Waals surface area contributed by atoms with Gasteiger partial charge in [-0.3, -0.25) is 0 Å². The van der Waals surface area contributed by atoms with Crippen molar-refractivity contribution in [2.24, 2.45) is 0 Å². The van der Waals surface area contributed by atoms with Crippen molar-refractivity contribution < 1.29 is 9.47 Å². The molecule has 0 unspecified atom stereocenters. The SMILES string of the molecule is COc1ccc(Oc2ccc(N)cn2)c(C(C)(C)C)c1. The van der Waals surface area contributed by atoms with E-state index in [1.54, 1.807) is 25.4 Å². The number of hydrogen-bond acceptors (Lipinski definition) is 4. The van der Waals surface area contributed by atoms with Crippen molar-refractivity contribution in [3.05, 3.63) is 42.1 Å². The molecule has 2 aromatic rings. The lowest BCUT2D eigenvalue weighted by Crippen LogP contribution is -2.13. The summed E-state index contributed by atoms with van der Waals surface area (Å²) < 4.78 is 11.2. The molecule has 4 nitrogen and oxygen atoms in total. The van der Waals surface area contributed by atoms with Gasteiger partial charge in [0, 0.05) is 11.6 Å². The van der Waals surface area contributed by atoms with Crippen LogP contribution in [0.5, 0.6) is 17.4 Å². The predicted octanol–water partition coefficient (Wildman–Crippen LogP) is 3.76. The van der Waals surface area contributed by atoms with E-state index in [2.05, 4.69) is 25.8 Å². The third kappa shape index (κ3) is 3.20. The molecule has 0 radical (unpaired) electrons. The van der Waals surface area contributed by atoms with E-state index in [9.17, 15) is 0 Å². The van der Waals surface area contributed by atoms with Crippen molar-refractivity contribution in [3.8, 4) is 17.4 Å². The molecule has 0 spiro atoms. The Bertz CT molecular complexity index is 586. The molecule has 106 valence electrons. The van der Waals surface area contributed by atoms with Gasteiger partial charge < -0.3 is 15.2 Å². The number of nitrogens with two attached hydrogens (primary N) is 1. The fourth-order valence-corrected chi connectivity index (χ4v) is 1.88. The lowest BCUT2D eigenvalue weighted by molar-refractivity contribution is 0.405. The molecule has 0 saturated carbocycles. The second-order valence-electron chi connectivity index (χ2n) is 5.64. The number of nitrogens with zero attached hydrogens (tertiary/aromatic N) is 1. The normalized spacial score (nSPS) is 11.2. The number of aromatic nitrogens is 1. The van der Waals surface area contributed by atoms with Gasteiger partial charge in [-0.2, -0.15) is 0 Å². The van der Waals surface area contributed by atoms with Crippen LogP contribution in [0.15, 0.2) is 36.5 Å². The molecule has 4 heteroatoms. The summed E-state index contributed by atoms with van der Waals surface area (Å²) in [7, 11) is 1.66. The lowest BCUT2D eigenvalue weighted by Gasteiger charge is -2.23. The second-order valence-corrected chi connectivity index (χ2v) is 5.64. The van der Waals surface area contributed by atoms with Gasteiger partial charge in [0.25, 0.3) is 0 Å². The standard InChI is InChI=1S/C16H20N2O2/c1-16(2,3)13-9-12(19-4)6-7-14(13)20-15-8-5-11(17)10-18-15/h5-10H,17H2,1-4H3. The van der Waals surface area contributed by atoms with Crippen LogP contribution in [0.3, 0.4) is 0 Å². The maximum atomic E-state index is 5.87. The summed E-state index contributed by atoms with van der Waals surface area (Å²) >= 11 is 0. The molecule has 0 fully saturated rings. The predicted molar refractivity (Wildman–Crippen MR) is 80.4 cm³/mol. The summed E-state index contributed by atoms with van der Waals surface area (Å²) in [6.07, 6.45) is 1.58. The molecule has 0 aliphatic heterocycles. The van der Waals surface area contributed by atoms with E-state index in [0.29, 0.717) is 11.6 Å². The van der Waals surface area contributed by atoms with Crippen molar-refractivity contribution in [2.45, 2.75) is 26.2 Å². The maximum Gasteiger partial charge on any atom is 0.219 e. The Morgan fingerprint density at radius 2 is 1.85 bits per heavy atom. The molecular formula is C16H20N2O2. The van der Waals surface area contributed by atoms with Gasteiger partial charge >= 0.3 is 0 Å². The molecule has 1 aromatic carbocycles. The summed E-state index contributed by atoms with van der Waals surface area (Å²) in [5.41, 5.74) is 7.24. The highest BCUT2D eigenvalue weighted by Gasteiger charge is 2.20. The quantitative estimate of drug-likeness (QED) is 0.924. The summed E-state index contributed by atoms with van der Waals surface area (Å²) in [5.74, 6) is 2.11. The van der Waals surface area contributed by atoms with Crippen LogP contribution in [-0.4, -0.2) is 12.1 Å². The van der Waals surface area contributed by atoms with Gasteiger partial charge in [-0.05, 0) is 29.7 Å².